The van der Waals surface area contributed by atoms with Crippen LogP contribution >= 0.6 is 0 Å². The summed E-state index contributed by atoms with van der Waals surface area (Å²) in [6, 6.07) is 13.6. The lowest BCUT2D eigenvalue weighted by Crippen LogP contribution is -2.46. The second-order valence-corrected chi connectivity index (χ2v) is 6.93. The van der Waals surface area contributed by atoms with Crippen molar-refractivity contribution in [2.75, 3.05) is 36.0 Å². The maximum absolute atomic E-state index is 13.2. The van der Waals surface area contributed by atoms with Gasteiger partial charge in [-0.1, -0.05) is 12.1 Å². The van der Waals surface area contributed by atoms with Gasteiger partial charge < -0.3 is 14.9 Å². The Balaban J connectivity index is 1.42. The van der Waals surface area contributed by atoms with Gasteiger partial charge in [0.05, 0.1) is 23.0 Å². The fourth-order valence-electron chi connectivity index (χ4n) is 3.75. The summed E-state index contributed by atoms with van der Waals surface area (Å²) < 4.78 is 14.9. The fraction of sp³-hybridized carbons (Fsp3) is 0.190. The van der Waals surface area contributed by atoms with Crippen molar-refractivity contribution in [3.8, 4) is 11.4 Å². The lowest BCUT2D eigenvalue weighted by atomic mass is 10.2. The highest BCUT2D eigenvalue weighted by atomic mass is 19.1. The number of rotatable bonds is 3. The van der Waals surface area contributed by atoms with E-state index < -0.39 is 0 Å². The standard InChI is InChI=1S/C21H19FN6O/c22-15-5-7-16(8-6-15)28-21-17(13-25-28)20(23-14-24-21)27-11-9-26(10-12-27)18-3-1-2-4-19(18)29/h1-8,13-14,29H,9-12H2. The molecule has 4 aromatic rings. The van der Waals surface area contributed by atoms with Gasteiger partial charge in [-0.15, -0.1) is 0 Å². The van der Waals surface area contributed by atoms with E-state index in [9.17, 15) is 9.50 Å². The first-order chi connectivity index (χ1) is 14.2. The summed E-state index contributed by atoms with van der Waals surface area (Å²) in [5.74, 6) is 0.842. The minimum absolute atomic E-state index is 0.289. The molecule has 0 unspecified atom stereocenters. The van der Waals surface area contributed by atoms with E-state index in [4.69, 9.17) is 0 Å². The Morgan fingerprint density at radius 2 is 1.59 bits per heavy atom. The zero-order chi connectivity index (χ0) is 19.8. The summed E-state index contributed by atoms with van der Waals surface area (Å²) in [5, 5.41) is 15.4. The average molecular weight is 390 g/mol. The van der Waals surface area contributed by atoms with Crippen molar-refractivity contribution in [1.29, 1.82) is 0 Å². The van der Waals surface area contributed by atoms with E-state index >= 15 is 0 Å². The van der Waals surface area contributed by atoms with Crippen LogP contribution in [-0.2, 0) is 0 Å². The van der Waals surface area contributed by atoms with Gasteiger partial charge in [-0.05, 0) is 36.4 Å². The van der Waals surface area contributed by atoms with Crippen LogP contribution in [0.15, 0.2) is 61.1 Å². The van der Waals surface area contributed by atoms with Crippen molar-refractivity contribution >= 4 is 22.5 Å². The first kappa shape index (κ1) is 17.4. The van der Waals surface area contributed by atoms with Gasteiger partial charge >= 0.3 is 0 Å². The van der Waals surface area contributed by atoms with Gasteiger partial charge in [0, 0.05) is 26.2 Å². The second-order valence-electron chi connectivity index (χ2n) is 6.93. The van der Waals surface area contributed by atoms with Crippen LogP contribution in [-0.4, -0.2) is 51.0 Å². The lowest BCUT2D eigenvalue weighted by Gasteiger charge is -2.37. The van der Waals surface area contributed by atoms with Gasteiger partial charge in [0.25, 0.3) is 0 Å². The minimum Gasteiger partial charge on any atom is -0.506 e. The Kier molecular flexibility index (Phi) is 4.23. The first-order valence-electron chi connectivity index (χ1n) is 9.43. The Labute approximate surface area is 166 Å². The van der Waals surface area contributed by atoms with Crippen LogP contribution in [0.5, 0.6) is 5.75 Å². The van der Waals surface area contributed by atoms with E-state index in [0.29, 0.717) is 11.4 Å². The molecule has 3 heterocycles. The molecule has 1 aliphatic rings. The van der Waals surface area contributed by atoms with Gasteiger partial charge in [0.1, 0.15) is 23.7 Å². The number of halogens is 1. The fourth-order valence-corrected chi connectivity index (χ4v) is 3.75. The number of nitrogens with zero attached hydrogens (tertiary/aromatic N) is 6. The zero-order valence-corrected chi connectivity index (χ0v) is 15.6. The molecule has 0 aliphatic carbocycles. The molecule has 0 radical (unpaired) electrons. The predicted molar refractivity (Wildman–Crippen MR) is 109 cm³/mol. The molecule has 2 aromatic heterocycles. The minimum atomic E-state index is -0.289. The van der Waals surface area contributed by atoms with Crippen LogP contribution in [0.1, 0.15) is 0 Å². The van der Waals surface area contributed by atoms with Crippen LogP contribution in [0.4, 0.5) is 15.9 Å². The smallest absolute Gasteiger partial charge is 0.168 e. The normalized spacial score (nSPS) is 14.5. The van der Waals surface area contributed by atoms with Gasteiger partial charge in [-0.3, -0.25) is 0 Å². The van der Waals surface area contributed by atoms with E-state index in [2.05, 4.69) is 24.9 Å². The molecule has 0 saturated carbocycles. The predicted octanol–water partition coefficient (Wildman–Crippen LogP) is 2.99. The first-order valence-corrected chi connectivity index (χ1v) is 9.43. The van der Waals surface area contributed by atoms with Crippen LogP contribution in [0.25, 0.3) is 16.7 Å². The van der Waals surface area contributed by atoms with E-state index in [0.717, 1.165) is 48.8 Å². The Hall–Kier alpha value is -3.68. The number of phenols is 1. The average Bonchev–Trinajstić information content (AvgIpc) is 3.19. The third-order valence-corrected chi connectivity index (χ3v) is 5.22. The maximum atomic E-state index is 13.2. The number of fused-ring (bicyclic) bond motifs is 1. The monoisotopic (exact) mass is 390 g/mol. The van der Waals surface area contributed by atoms with Crippen molar-refractivity contribution in [2.45, 2.75) is 0 Å². The van der Waals surface area contributed by atoms with E-state index in [-0.39, 0.29) is 5.82 Å². The van der Waals surface area contributed by atoms with E-state index in [1.165, 1.54) is 18.5 Å². The maximum Gasteiger partial charge on any atom is 0.168 e. The summed E-state index contributed by atoms with van der Waals surface area (Å²) in [6.45, 7) is 3.08. The molecule has 2 aromatic carbocycles. The van der Waals surface area contributed by atoms with Crippen molar-refractivity contribution < 1.29 is 9.50 Å². The molecule has 146 valence electrons. The Bertz CT molecular complexity index is 1150. The number of aromatic nitrogens is 4. The van der Waals surface area contributed by atoms with Gasteiger partial charge in [0.15, 0.2) is 5.65 Å². The molecule has 29 heavy (non-hydrogen) atoms. The SMILES string of the molecule is Oc1ccccc1N1CCN(c2ncnc3c2cnn3-c2ccc(F)cc2)CC1. The summed E-state index contributed by atoms with van der Waals surface area (Å²) in [4.78, 5) is 13.3. The second kappa shape index (κ2) is 7.05. The Morgan fingerprint density at radius 3 is 2.34 bits per heavy atom. The summed E-state index contributed by atoms with van der Waals surface area (Å²) in [6.07, 6.45) is 3.29. The number of hydrogen-bond acceptors (Lipinski definition) is 6. The number of piperazine rings is 1. The number of benzene rings is 2. The molecule has 5 rings (SSSR count). The molecule has 0 spiro atoms. The number of hydrogen-bond donors (Lipinski definition) is 1. The molecule has 1 saturated heterocycles. The Morgan fingerprint density at radius 1 is 0.862 bits per heavy atom. The summed E-state index contributed by atoms with van der Waals surface area (Å²) in [5.41, 5.74) is 2.28. The van der Waals surface area contributed by atoms with Crippen molar-refractivity contribution in [1.82, 2.24) is 19.7 Å². The number of anilines is 2. The molecular weight excluding hydrogens is 371 g/mol. The van der Waals surface area contributed by atoms with Crippen LogP contribution < -0.4 is 9.80 Å². The van der Waals surface area contributed by atoms with E-state index in [1.807, 2.05) is 18.2 Å². The third-order valence-electron chi connectivity index (χ3n) is 5.22. The molecule has 0 bridgehead atoms. The van der Waals surface area contributed by atoms with Gasteiger partial charge in [-0.2, -0.15) is 5.10 Å². The molecule has 1 fully saturated rings. The zero-order valence-electron chi connectivity index (χ0n) is 15.6. The van der Waals surface area contributed by atoms with Crippen LogP contribution in [0.3, 0.4) is 0 Å². The van der Waals surface area contributed by atoms with Crippen LogP contribution in [0, 0.1) is 5.82 Å². The number of aromatic hydroxyl groups is 1. The molecule has 8 heteroatoms. The highest BCUT2D eigenvalue weighted by Gasteiger charge is 2.22. The lowest BCUT2D eigenvalue weighted by molar-refractivity contribution is 0.472. The number of phenolic OH excluding ortho intramolecular Hbond substituents is 1. The largest absolute Gasteiger partial charge is 0.506 e. The van der Waals surface area contributed by atoms with Crippen molar-refractivity contribution in [2.24, 2.45) is 0 Å². The highest BCUT2D eigenvalue weighted by Crippen LogP contribution is 2.30. The van der Waals surface area contributed by atoms with E-state index in [1.54, 1.807) is 29.1 Å². The van der Waals surface area contributed by atoms with Crippen molar-refractivity contribution in [3.05, 3.63) is 66.9 Å². The molecule has 1 N–H and O–H groups in total. The molecule has 1 aliphatic heterocycles. The summed E-state index contributed by atoms with van der Waals surface area (Å²) >= 11 is 0. The molecule has 7 nitrogen and oxygen atoms in total. The third kappa shape index (κ3) is 3.12. The molecule has 0 atom stereocenters. The number of para-hydroxylation sites is 2. The van der Waals surface area contributed by atoms with Crippen molar-refractivity contribution in [3.63, 3.8) is 0 Å². The van der Waals surface area contributed by atoms with Crippen LogP contribution in [0.2, 0.25) is 0 Å². The highest BCUT2D eigenvalue weighted by molar-refractivity contribution is 5.87. The van der Waals surface area contributed by atoms with Gasteiger partial charge in [0.2, 0.25) is 0 Å². The summed E-state index contributed by atoms with van der Waals surface area (Å²) in [7, 11) is 0. The quantitative estimate of drug-likeness (QED) is 0.580. The van der Waals surface area contributed by atoms with Gasteiger partial charge in [-0.25, -0.2) is 19.0 Å². The molecule has 0 amide bonds. The molecular formula is C21H19FN6O. The topological polar surface area (TPSA) is 70.3 Å².